The van der Waals surface area contributed by atoms with Crippen LogP contribution in [-0.4, -0.2) is 85.3 Å². The van der Waals surface area contributed by atoms with Crippen LogP contribution in [0.1, 0.15) is 62.6 Å². The fourth-order valence-corrected chi connectivity index (χ4v) is 8.77. The summed E-state index contributed by atoms with van der Waals surface area (Å²) in [5, 5.41) is 7.94. The number of H-pyrrole nitrogens is 1. The minimum absolute atomic E-state index is 0.0432. The number of anilines is 2. The van der Waals surface area contributed by atoms with E-state index in [-0.39, 0.29) is 64.8 Å². The van der Waals surface area contributed by atoms with Gasteiger partial charge in [-0.3, -0.25) is 10.00 Å². The Balaban J connectivity index is 1.26. The Labute approximate surface area is 294 Å². The largest absolute Gasteiger partial charge is 0.475 e. The zero-order chi connectivity index (χ0) is 35.3. The fraction of sp³-hybridized carbons (Fsp3) is 0.457. The van der Waals surface area contributed by atoms with Gasteiger partial charge in [0.25, 0.3) is 0 Å². The second-order valence-corrected chi connectivity index (χ2v) is 14.6. The maximum atomic E-state index is 17.4. The van der Waals surface area contributed by atoms with E-state index in [0.717, 1.165) is 25.6 Å². The topological polar surface area (TPSA) is 131 Å². The summed E-state index contributed by atoms with van der Waals surface area (Å²) in [4.78, 5) is 22.1. The van der Waals surface area contributed by atoms with Gasteiger partial charge in [-0.2, -0.15) is 15.1 Å². The zero-order valence-electron chi connectivity index (χ0n) is 27.8. The summed E-state index contributed by atoms with van der Waals surface area (Å²) in [5.41, 5.74) is 7.05. The van der Waals surface area contributed by atoms with Crippen LogP contribution in [0.25, 0.3) is 33.1 Å². The van der Waals surface area contributed by atoms with Gasteiger partial charge in [0.15, 0.2) is 5.82 Å². The molecule has 0 radical (unpaired) electrons. The lowest BCUT2D eigenvalue weighted by Gasteiger charge is -2.35. The Hall–Kier alpha value is -4.50. The number of benzene rings is 1. The van der Waals surface area contributed by atoms with Gasteiger partial charge < -0.3 is 20.1 Å². The maximum absolute atomic E-state index is 17.4. The Bertz CT molecular complexity index is 2220. The molecule has 51 heavy (non-hydrogen) atoms. The van der Waals surface area contributed by atoms with Gasteiger partial charge in [0.1, 0.15) is 59.6 Å². The summed E-state index contributed by atoms with van der Waals surface area (Å²) in [6, 6.07) is 1.76. The number of nitrogen functional groups attached to an aromatic ring is 1. The third-order valence-corrected chi connectivity index (χ3v) is 11.3. The van der Waals surface area contributed by atoms with E-state index >= 15 is 4.39 Å². The van der Waals surface area contributed by atoms with Gasteiger partial charge in [-0.05, 0) is 57.4 Å². The lowest BCUT2D eigenvalue weighted by molar-refractivity contribution is 0.107. The van der Waals surface area contributed by atoms with Crippen LogP contribution < -0.4 is 20.1 Å². The molecule has 11 nitrogen and oxygen atoms in total. The van der Waals surface area contributed by atoms with Crippen molar-refractivity contribution in [1.29, 1.82) is 0 Å². The van der Waals surface area contributed by atoms with E-state index in [1.165, 1.54) is 12.3 Å². The molecule has 0 spiro atoms. The van der Waals surface area contributed by atoms with Crippen molar-refractivity contribution in [1.82, 2.24) is 35.0 Å². The van der Waals surface area contributed by atoms with E-state index in [0.29, 0.717) is 40.6 Å². The van der Waals surface area contributed by atoms with E-state index in [1.807, 2.05) is 18.7 Å². The number of hydrogen-bond donors (Lipinski definition) is 2. The molecule has 1 aromatic carbocycles. The van der Waals surface area contributed by atoms with Crippen molar-refractivity contribution in [3.63, 3.8) is 0 Å². The molecule has 0 amide bonds. The third kappa shape index (κ3) is 5.13. The van der Waals surface area contributed by atoms with E-state index in [9.17, 15) is 13.2 Å². The predicted octanol–water partition coefficient (Wildman–Crippen LogP) is 6.61. The highest BCUT2D eigenvalue weighted by Crippen LogP contribution is 2.53. The van der Waals surface area contributed by atoms with Crippen molar-refractivity contribution in [2.24, 2.45) is 0 Å². The second-order valence-electron chi connectivity index (χ2n) is 14.2. The summed E-state index contributed by atoms with van der Waals surface area (Å²) >= 11 is 6.74. The quantitative estimate of drug-likeness (QED) is 0.177. The molecule has 5 aromatic rings. The SMILES string of the molecule is C[C@H](c1cc(F)cnc1N)N1c2nc(OC[C@@]34CCCN3C[C@H](F)C4)nc3c(F)c(-c4c(C5CC5F)c(Cl)cc5[nH]ncc45)nc(c23)OC[C@@H]1C. The first-order chi connectivity index (χ1) is 24.5. The number of aromatic nitrogens is 6. The summed E-state index contributed by atoms with van der Waals surface area (Å²) in [6.07, 6.45) is 2.64. The van der Waals surface area contributed by atoms with Gasteiger partial charge >= 0.3 is 6.01 Å². The Kier molecular flexibility index (Phi) is 7.48. The molecule has 3 N–H and O–H groups in total. The number of nitrogens with two attached hydrogens (primary N) is 1. The average molecular weight is 724 g/mol. The Morgan fingerprint density at radius 1 is 1.20 bits per heavy atom. The minimum atomic E-state index is -1.14. The molecule has 266 valence electrons. The molecule has 3 aliphatic heterocycles. The molecule has 7 heterocycles. The van der Waals surface area contributed by atoms with Gasteiger partial charge in [-0.25, -0.2) is 27.5 Å². The van der Waals surface area contributed by atoms with E-state index in [2.05, 4.69) is 25.1 Å². The predicted molar refractivity (Wildman–Crippen MR) is 183 cm³/mol. The number of nitrogens with zero attached hydrogens (tertiary/aromatic N) is 7. The smallest absolute Gasteiger partial charge is 0.319 e. The number of ether oxygens (including phenoxy) is 2. The lowest BCUT2D eigenvalue weighted by atomic mass is 9.95. The number of halogens is 5. The van der Waals surface area contributed by atoms with Crippen LogP contribution in [0.2, 0.25) is 5.02 Å². The minimum Gasteiger partial charge on any atom is -0.475 e. The highest BCUT2D eigenvalue weighted by atomic mass is 35.5. The number of alkyl halides is 2. The summed E-state index contributed by atoms with van der Waals surface area (Å²) in [6.45, 7) is 4.95. The second kappa shape index (κ2) is 11.8. The molecule has 4 aromatic heterocycles. The number of aromatic amines is 1. The molecule has 4 aliphatic rings. The fourth-order valence-electron chi connectivity index (χ4n) is 8.43. The molecule has 16 heteroatoms. The molecule has 1 saturated carbocycles. The van der Waals surface area contributed by atoms with Crippen molar-refractivity contribution in [3.05, 3.63) is 52.3 Å². The Morgan fingerprint density at radius 2 is 2.02 bits per heavy atom. The summed E-state index contributed by atoms with van der Waals surface area (Å²) < 4.78 is 73.9. The Morgan fingerprint density at radius 3 is 2.82 bits per heavy atom. The van der Waals surface area contributed by atoms with Gasteiger partial charge in [-0.1, -0.05) is 11.6 Å². The van der Waals surface area contributed by atoms with Crippen molar-refractivity contribution in [3.8, 4) is 23.1 Å². The monoisotopic (exact) mass is 723 g/mol. The van der Waals surface area contributed by atoms with Crippen LogP contribution in [0.4, 0.5) is 29.2 Å². The maximum Gasteiger partial charge on any atom is 0.319 e. The first-order valence-corrected chi connectivity index (χ1v) is 17.5. The van der Waals surface area contributed by atoms with E-state index in [1.54, 1.807) is 6.07 Å². The molecule has 2 unspecified atom stereocenters. The van der Waals surface area contributed by atoms with E-state index < -0.39 is 47.5 Å². The number of hydrogen-bond acceptors (Lipinski definition) is 10. The number of pyridine rings is 2. The molecular formula is C35H34ClF4N9O2. The van der Waals surface area contributed by atoms with Crippen molar-refractivity contribution in [2.75, 3.05) is 36.9 Å². The van der Waals surface area contributed by atoms with Crippen molar-refractivity contribution < 1.29 is 27.0 Å². The van der Waals surface area contributed by atoms with Crippen LogP contribution in [0.5, 0.6) is 11.9 Å². The first-order valence-electron chi connectivity index (χ1n) is 17.1. The highest BCUT2D eigenvalue weighted by Gasteiger charge is 2.50. The zero-order valence-corrected chi connectivity index (χ0v) is 28.5. The molecule has 0 bridgehead atoms. The first kappa shape index (κ1) is 32.4. The van der Waals surface area contributed by atoms with Gasteiger partial charge in [0.05, 0.1) is 35.5 Å². The number of nitrogens with one attached hydrogen (secondary N) is 1. The lowest BCUT2D eigenvalue weighted by Crippen LogP contribution is -2.43. The van der Waals surface area contributed by atoms with Crippen LogP contribution in [-0.2, 0) is 0 Å². The average Bonchev–Trinajstić information content (AvgIpc) is 3.36. The molecule has 3 fully saturated rings. The number of rotatable bonds is 7. The normalized spacial score (nSPS) is 26.4. The molecule has 9 rings (SSSR count). The van der Waals surface area contributed by atoms with Crippen molar-refractivity contribution in [2.45, 2.75) is 75.4 Å². The third-order valence-electron chi connectivity index (χ3n) is 11.0. The highest BCUT2D eigenvalue weighted by molar-refractivity contribution is 6.33. The molecule has 2 saturated heterocycles. The van der Waals surface area contributed by atoms with Gasteiger partial charge in [0.2, 0.25) is 5.88 Å². The summed E-state index contributed by atoms with van der Waals surface area (Å²) in [5.74, 6) is -1.56. The van der Waals surface area contributed by atoms with Crippen LogP contribution in [0.3, 0.4) is 0 Å². The van der Waals surface area contributed by atoms with Gasteiger partial charge in [0, 0.05) is 40.4 Å². The standard InChI is InChI=1S/C35H34ClF4N9O2/c1-15-13-50-33-27-30(28(40)29(44-33)26-21-11-43-47-24(21)8-22(36)25(26)20-7-23(20)39)45-34(51-14-35-4-3-5-48(35)12-18(38)9-35)46-32(27)49(15)16(2)19-6-17(37)10-42-31(19)41/h6,8,10-11,15-16,18,20,23H,3-5,7,9,12-14H2,1-2H3,(H2,41,42)(H,43,47)/t15-,16+,18+,20?,23?,35-/m0/s1. The van der Waals surface area contributed by atoms with Gasteiger partial charge in [-0.15, -0.1) is 0 Å². The van der Waals surface area contributed by atoms with Crippen LogP contribution >= 0.6 is 11.6 Å². The van der Waals surface area contributed by atoms with E-state index in [4.69, 9.17) is 36.8 Å². The summed E-state index contributed by atoms with van der Waals surface area (Å²) in [7, 11) is 0. The molecule has 1 aliphatic carbocycles. The molecular weight excluding hydrogens is 690 g/mol. The van der Waals surface area contributed by atoms with Crippen molar-refractivity contribution >= 4 is 45.0 Å². The van der Waals surface area contributed by atoms with Crippen LogP contribution in [0.15, 0.2) is 24.5 Å². The van der Waals surface area contributed by atoms with Crippen LogP contribution in [0, 0.1) is 11.6 Å². The number of fused-ring (bicyclic) bond motifs is 2. The molecule has 6 atom stereocenters.